The second-order valence-corrected chi connectivity index (χ2v) is 9.53. The van der Waals surface area contributed by atoms with E-state index in [0.29, 0.717) is 18.7 Å². The summed E-state index contributed by atoms with van der Waals surface area (Å²) in [5.41, 5.74) is 2.14. The third-order valence-electron chi connectivity index (χ3n) is 5.50. The van der Waals surface area contributed by atoms with E-state index in [0.717, 1.165) is 30.4 Å². The SMILES string of the molecule is O=C(NC(c1ccccc1)c1ccncc1)c1cccc(S(=O)(=O)N2CCCCC2)c1. The second-order valence-electron chi connectivity index (χ2n) is 7.59. The molecule has 7 heteroatoms. The molecule has 1 aromatic heterocycles. The number of hydrogen-bond donors (Lipinski definition) is 1. The number of carbonyl (C=O) groups is 1. The molecule has 6 nitrogen and oxygen atoms in total. The van der Waals surface area contributed by atoms with Crippen LogP contribution in [0.15, 0.2) is 84.0 Å². The summed E-state index contributed by atoms with van der Waals surface area (Å²) < 4.78 is 27.5. The van der Waals surface area contributed by atoms with E-state index in [1.54, 1.807) is 30.6 Å². The van der Waals surface area contributed by atoms with Gasteiger partial charge >= 0.3 is 0 Å². The van der Waals surface area contributed by atoms with Crippen LogP contribution in [0.3, 0.4) is 0 Å². The Kier molecular flexibility index (Phi) is 6.44. The van der Waals surface area contributed by atoms with Crippen LogP contribution < -0.4 is 5.32 Å². The number of nitrogens with zero attached hydrogens (tertiary/aromatic N) is 2. The first kappa shape index (κ1) is 21.2. The highest BCUT2D eigenvalue weighted by molar-refractivity contribution is 7.89. The van der Waals surface area contributed by atoms with Crippen LogP contribution in [0.4, 0.5) is 0 Å². The van der Waals surface area contributed by atoms with Crippen LogP contribution in [0, 0.1) is 0 Å². The molecule has 1 amide bonds. The summed E-state index contributed by atoms with van der Waals surface area (Å²) in [6.07, 6.45) is 6.14. The molecular formula is C24H25N3O3S. The van der Waals surface area contributed by atoms with Crippen molar-refractivity contribution in [3.05, 3.63) is 95.8 Å². The minimum Gasteiger partial charge on any atom is -0.341 e. The zero-order valence-corrected chi connectivity index (χ0v) is 18.0. The first-order valence-corrected chi connectivity index (χ1v) is 11.9. The number of rotatable bonds is 6. The Bertz CT molecular complexity index is 1090. The van der Waals surface area contributed by atoms with Gasteiger partial charge in [-0.1, -0.05) is 42.8 Å². The van der Waals surface area contributed by atoms with E-state index in [1.165, 1.54) is 10.4 Å². The Morgan fingerprint density at radius 1 is 0.871 bits per heavy atom. The van der Waals surface area contributed by atoms with Gasteiger partial charge in [0.15, 0.2) is 0 Å². The van der Waals surface area contributed by atoms with Gasteiger partial charge in [0.25, 0.3) is 5.91 Å². The van der Waals surface area contributed by atoms with Crippen LogP contribution in [-0.2, 0) is 10.0 Å². The Balaban J connectivity index is 1.61. The fourth-order valence-corrected chi connectivity index (χ4v) is 5.39. The molecule has 1 fully saturated rings. The molecule has 160 valence electrons. The predicted octanol–water partition coefficient (Wildman–Crippen LogP) is 3.78. The minimum absolute atomic E-state index is 0.155. The number of piperidine rings is 1. The first-order chi connectivity index (χ1) is 15.1. The molecule has 4 rings (SSSR count). The van der Waals surface area contributed by atoms with Gasteiger partial charge in [0.05, 0.1) is 10.9 Å². The van der Waals surface area contributed by atoms with Gasteiger partial charge < -0.3 is 5.32 Å². The van der Waals surface area contributed by atoms with Gasteiger partial charge in [-0.3, -0.25) is 9.78 Å². The molecule has 0 spiro atoms. The van der Waals surface area contributed by atoms with Crippen LogP contribution in [0.2, 0.25) is 0 Å². The van der Waals surface area contributed by atoms with Crippen molar-refractivity contribution in [3.8, 4) is 0 Å². The van der Waals surface area contributed by atoms with Gasteiger partial charge in [-0.05, 0) is 54.3 Å². The monoisotopic (exact) mass is 435 g/mol. The lowest BCUT2D eigenvalue weighted by atomic mass is 9.99. The number of benzene rings is 2. The van der Waals surface area contributed by atoms with Crippen molar-refractivity contribution >= 4 is 15.9 Å². The van der Waals surface area contributed by atoms with E-state index in [9.17, 15) is 13.2 Å². The Hall–Kier alpha value is -3.03. The Morgan fingerprint density at radius 3 is 2.26 bits per heavy atom. The summed E-state index contributed by atoms with van der Waals surface area (Å²) >= 11 is 0. The lowest BCUT2D eigenvalue weighted by Crippen LogP contribution is -2.35. The molecule has 3 aromatic rings. The molecule has 1 atom stereocenters. The minimum atomic E-state index is -3.61. The average Bonchev–Trinajstić information content (AvgIpc) is 2.84. The van der Waals surface area contributed by atoms with Crippen LogP contribution >= 0.6 is 0 Å². The molecule has 0 aliphatic carbocycles. The summed E-state index contributed by atoms with van der Waals surface area (Å²) in [6.45, 7) is 1.05. The Morgan fingerprint density at radius 2 is 1.55 bits per heavy atom. The van der Waals surface area contributed by atoms with Crippen molar-refractivity contribution in [1.29, 1.82) is 0 Å². The van der Waals surface area contributed by atoms with Gasteiger partial charge in [0, 0.05) is 31.0 Å². The molecule has 1 N–H and O–H groups in total. The van der Waals surface area contributed by atoms with Crippen molar-refractivity contribution in [1.82, 2.24) is 14.6 Å². The third-order valence-corrected chi connectivity index (χ3v) is 7.39. The van der Waals surface area contributed by atoms with Gasteiger partial charge in [-0.25, -0.2) is 8.42 Å². The fraction of sp³-hybridized carbons (Fsp3) is 0.250. The van der Waals surface area contributed by atoms with Crippen LogP contribution in [0.1, 0.15) is 46.8 Å². The van der Waals surface area contributed by atoms with Crippen molar-refractivity contribution in [2.24, 2.45) is 0 Å². The largest absolute Gasteiger partial charge is 0.341 e. The van der Waals surface area contributed by atoms with Crippen LogP contribution in [0.25, 0.3) is 0 Å². The number of sulfonamides is 1. The quantitative estimate of drug-likeness (QED) is 0.639. The molecule has 1 aliphatic rings. The van der Waals surface area contributed by atoms with E-state index in [-0.39, 0.29) is 16.8 Å². The van der Waals surface area contributed by atoms with E-state index in [2.05, 4.69) is 10.3 Å². The highest BCUT2D eigenvalue weighted by atomic mass is 32.2. The molecular weight excluding hydrogens is 410 g/mol. The lowest BCUT2D eigenvalue weighted by molar-refractivity contribution is 0.0942. The first-order valence-electron chi connectivity index (χ1n) is 10.4. The summed E-state index contributed by atoms with van der Waals surface area (Å²) in [6, 6.07) is 19.3. The molecule has 0 saturated carbocycles. The van der Waals surface area contributed by atoms with Crippen LogP contribution in [0.5, 0.6) is 0 Å². The summed E-state index contributed by atoms with van der Waals surface area (Å²) in [5, 5.41) is 3.05. The highest BCUT2D eigenvalue weighted by Gasteiger charge is 2.27. The van der Waals surface area contributed by atoms with Crippen molar-refractivity contribution < 1.29 is 13.2 Å². The Labute approximate surface area is 183 Å². The van der Waals surface area contributed by atoms with E-state index in [1.807, 2.05) is 42.5 Å². The lowest BCUT2D eigenvalue weighted by Gasteiger charge is -2.26. The summed E-state index contributed by atoms with van der Waals surface area (Å²) in [5.74, 6) is -0.332. The molecule has 0 radical (unpaired) electrons. The number of aromatic nitrogens is 1. The van der Waals surface area contributed by atoms with Crippen molar-refractivity contribution in [3.63, 3.8) is 0 Å². The van der Waals surface area contributed by atoms with Gasteiger partial charge in [0.1, 0.15) is 0 Å². The number of pyridine rings is 1. The molecule has 1 saturated heterocycles. The summed E-state index contributed by atoms with van der Waals surface area (Å²) in [4.78, 5) is 17.3. The van der Waals surface area contributed by atoms with Crippen molar-refractivity contribution in [2.45, 2.75) is 30.2 Å². The second kappa shape index (κ2) is 9.41. The average molecular weight is 436 g/mol. The fourth-order valence-electron chi connectivity index (χ4n) is 3.83. The van der Waals surface area contributed by atoms with Gasteiger partial charge in [-0.15, -0.1) is 0 Å². The zero-order chi connectivity index (χ0) is 21.7. The number of carbonyl (C=O) groups excluding carboxylic acids is 1. The van der Waals surface area contributed by atoms with E-state index in [4.69, 9.17) is 0 Å². The molecule has 2 heterocycles. The zero-order valence-electron chi connectivity index (χ0n) is 17.1. The summed E-state index contributed by atoms with van der Waals surface area (Å²) in [7, 11) is -3.61. The highest BCUT2D eigenvalue weighted by Crippen LogP contribution is 2.24. The number of hydrogen-bond acceptors (Lipinski definition) is 4. The van der Waals surface area contributed by atoms with Gasteiger partial charge in [-0.2, -0.15) is 4.31 Å². The number of nitrogens with one attached hydrogen (secondary N) is 1. The van der Waals surface area contributed by atoms with E-state index >= 15 is 0 Å². The maximum absolute atomic E-state index is 13.1. The normalized spacial score (nSPS) is 15.9. The molecule has 0 bridgehead atoms. The topological polar surface area (TPSA) is 79.4 Å². The molecule has 2 aromatic carbocycles. The maximum Gasteiger partial charge on any atom is 0.252 e. The molecule has 31 heavy (non-hydrogen) atoms. The predicted molar refractivity (Wildman–Crippen MR) is 119 cm³/mol. The molecule has 1 aliphatic heterocycles. The smallest absolute Gasteiger partial charge is 0.252 e. The van der Waals surface area contributed by atoms with Crippen LogP contribution in [-0.4, -0.2) is 36.7 Å². The van der Waals surface area contributed by atoms with E-state index < -0.39 is 10.0 Å². The van der Waals surface area contributed by atoms with Crippen molar-refractivity contribution in [2.75, 3.05) is 13.1 Å². The van der Waals surface area contributed by atoms with Gasteiger partial charge in [0.2, 0.25) is 10.0 Å². The number of amides is 1. The molecule has 1 unspecified atom stereocenters. The maximum atomic E-state index is 13.1. The standard InChI is InChI=1S/C24H25N3O3S/c28-24(26-23(19-8-3-1-4-9-19)20-12-14-25-15-13-20)21-10-7-11-22(18-21)31(29,30)27-16-5-2-6-17-27/h1,3-4,7-15,18,23H,2,5-6,16-17H2,(H,26,28). The third kappa shape index (κ3) is 4.84.